The van der Waals surface area contributed by atoms with Crippen LogP contribution in [0.1, 0.15) is 5.69 Å². The van der Waals surface area contributed by atoms with Crippen LogP contribution in [0.15, 0.2) is 0 Å². The lowest BCUT2D eigenvalue weighted by atomic mass is 10.3. The fraction of sp³-hybridized carbons (Fsp3) is 0.556. The maximum Gasteiger partial charge on any atom is 0.332 e. The van der Waals surface area contributed by atoms with Crippen LogP contribution in [-0.4, -0.2) is 39.5 Å². The summed E-state index contributed by atoms with van der Waals surface area (Å²) in [5.41, 5.74) is 2.61. The van der Waals surface area contributed by atoms with E-state index in [4.69, 9.17) is 5.84 Å². The molecule has 1 saturated heterocycles. The number of rotatable bonds is 3. The summed E-state index contributed by atoms with van der Waals surface area (Å²) >= 11 is 1.83. The molecule has 1 aliphatic heterocycles. The molecular weight excluding hydrogens is 256 g/mol. The molecule has 9 heteroatoms. The van der Waals surface area contributed by atoms with E-state index in [0.29, 0.717) is 11.5 Å². The summed E-state index contributed by atoms with van der Waals surface area (Å²) in [5.74, 6) is 7.70. The molecule has 0 atom stereocenters. The molecule has 1 aromatic heterocycles. The van der Waals surface area contributed by atoms with Gasteiger partial charge in [0.1, 0.15) is 5.69 Å². The van der Waals surface area contributed by atoms with Gasteiger partial charge in [-0.05, 0) is 6.92 Å². The molecule has 18 heavy (non-hydrogen) atoms. The standard InChI is InChI=1S/C9H14N6O2S/c1-6-7(15(16)17)8(12-9(11-6)13-10)14-2-4-18-5-3-14/h2-5,10H2,1H3,(H,11,12,13). The Morgan fingerprint density at radius 2 is 2.11 bits per heavy atom. The average Bonchev–Trinajstić information content (AvgIpc) is 2.38. The number of nitrogen functional groups attached to an aromatic ring is 1. The van der Waals surface area contributed by atoms with Gasteiger partial charge in [0.05, 0.1) is 4.92 Å². The molecule has 0 amide bonds. The number of hydrazine groups is 1. The van der Waals surface area contributed by atoms with Gasteiger partial charge in [-0.15, -0.1) is 0 Å². The first-order valence-electron chi connectivity index (χ1n) is 5.46. The number of nitrogens with one attached hydrogen (secondary N) is 1. The Hall–Kier alpha value is -1.61. The lowest BCUT2D eigenvalue weighted by molar-refractivity contribution is -0.385. The minimum atomic E-state index is -0.438. The molecule has 8 nitrogen and oxygen atoms in total. The number of aromatic nitrogens is 2. The predicted octanol–water partition coefficient (Wildman–Crippen LogP) is 0.532. The van der Waals surface area contributed by atoms with Crippen LogP contribution in [-0.2, 0) is 0 Å². The lowest BCUT2D eigenvalue weighted by Crippen LogP contribution is -2.34. The maximum absolute atomic E-state index is 11.1. The van der Waals surface area contributed by atoms with Gasteiger partial charge in [-0.1, -0.05) is 0 Å². The van der Waals surface area contributed by atoms with Crippen LogP contribution in [0, 0.1) is 17.0 Å². The van der Waals surface area contributed by atoms with Crippen LogP contribution in [0.2, 0.25) is 0 Å². The average molecular weight is 270 g/mol. The SMILES string of the molecule is Cc1nc(NN)nc(N2CCSCC2)c1[N+](=O)[O-]. The third-order valence-corrected chi connectivity index (χ3v) is 3.60. The fourth-order valence-corrected chi connectivity index (χ4v) is 2.73. The van der Waals surface area contributed by atoms with Gasteiger partial charge in [-0.2, -0.15) is 16.7 Å². The second-order valence-corrected chi connectivity index (χ2v) is 5.03. The van der Waals surface area contributed by atoms with Crippen LogP contribution in [0.3, 0.4) is 0 Å². The number of nitrogens with two attached hydrogens (primary N) is 1. The molecule has 0 radical (unpaired) electrons. The van der Waals surface area contributed by atoms with Gasteiger partial charge >= 0.3 is 5.69 Å². The summed E-state index contributed by atoms with van der Waals surface area (Å²) in [5, 5.41) is 11.1. The Bertz CT molecular complexity index is 463. The number of nitrogens with zero attached hydrogens (tertiary/aromatic N) is 4. The van der Waals surface area contributed by atoms with Gasteiger partial charge in [0.15, 0.2) is 0 Å². The number of aryl methyl sites for hydroxylation is 1. The largest absolute Gasteiger partial charge is 0.349 e. The first-order valence-corrected chi connectivity index (χ1v) is 6.61. The van der Waals surface area contributed by atoms with Crippen molar-refractivity contribution in [1.82, 2.24) is 9.97 Å². The Kier molecular flexibility index (Phi) is 3.82. The molecule has 0 spiro atoms. The summed E-state index contributed by atoms with van der Waals surface area (Å²) < 4.78 is 0. The molecule has 2 heterocycles. The molecule has 1 fully saturated rings. The minimum Gasteiger partial charge on any atom is -0.349 e. The van der Waals surface area contributed by atoms with Gasteiger partial charge in [-0.25, -0.2) is 10.8 Å². The molecule has 0 aliphatic carbocycles. The van der Waals surface area contributed by atoms with Crippen LogP contribution >= 0.6 is 11.8 Å². The van der Waals surface area contributed by atoms with E-state index in [1.54, 1.807) is 6.92 Å². The van der Waals surface area contributed by atoms with Crippen molar-refractivity contribution >= 4 is 29.2 Å². The number of anilines is 2. The van der Waals surface area contributed by atoms with Crippen molar-refractivity contribution in [2.45, 2.75) is 6.92 Å². The van der Waals surface area contributed by atoms with Crippen molar-refractivity contribution in [2.24, 2.45) is 5.84 Å². The fourth-order valence-electron chi connectivity index (χ4n) is 1.83. The van der Waals surface area contributed by atoms with Gasteiger partial charge in [0.25, 0.3) is 0 Å². The van der Waals surface area contributed by atoms with Crippen molar-refractivity contribution in [3.05, 3.63) is 15.8 Å². The number of hydrogen-bond acceptors (Lipinski definition) is 8. The predicted molar refractivity (Wildman–Crippen MR) is 70.8 cm³/mol. The van der Waals surface area contributed by atoms with Gasteiger partial charge in [0.2, 0.25) is 11.8 Å². The second-order valence-electron chi connectivity index (χ2n) is 3.81. The number of thioether (sulfide) groups is 1. The molecule has 3 N–H and O–H groups in total. The van der Waals surface area contributed by atoms with Crippen LogP contribution in [0.4, 0.5) is 17.5 Å². The normalized spacial score (nSPS) is 15.6. The smallest absolute Gasteiger partial charge is 0.332 e. The molecular formula is C9H14N6O2S. The summed E-state index contributed by atoms with van der Waals surface area (Å²) in [6.45, 7) is 3.07. The highest BCUT2D eigenvalue weighted by Gasteiger charge is 2.27. The van der Waals surface area contributed by atoms with Gasteiger partial charge in [0, 0.05) is 24.6 Å². The van der Waals surface area contributed by atoms with E-state index in [2.05, 4.69) is 15.4 Å². The monoisotopic (exact) mass is 270 g/mol. The summed E-state index contributed by atoms with van der Waals surface area (Å²) in [4.78, 5) is 20.7. The third kappa shape index (κ3) is 2.46. The van der Waals surface area contributed by atoms with Crippen LogP contribution < -0.4 is 16.2 Å². The van der Waals surface area contributed by atoms with E-state index in [9.17, 15) is 10.1 Å². The van der Waals surface area contributed by atoms with E-state index < -0.39 is 4.92 Å². The van der Waals surface area contributed by atoms with Crippen molar-refractivity contribution < 1.29 is 4.92 Å². The van der Waals surface area contributed by atoms with E-state index >= 15 is 0 Å². The van der Waals surface area contributed by atoms with E-state index in [-0.39, 0.29) is 11.6 Å². The maximum atomic E-state index is 11.1. The van der Waals surface area contributed by atoms with Gasteiger partial charge < -0.3 is 4.90 Å². The summed E-state index contributed by atoms with van der Waals surface area (Å²) in [6, 6.07) is 0. The Labute approximate surface area is 108 Å². The Balaban J connectivity index is 2.47. The molecule has 0 aromatic carbocycles. The molecule has 1 aromatic rings. The van der Waals surface area contributed by atoms with Crippen molar-refractivity contribution in [2.75, 3.05) is 34.9 Å². The first-order chi connectivity index (χ1) is 8.63. The van der Waals surface area contributed by atoms with Crippen molar-refractivity contribution in [3.63, 3.8) is 0 Å². The highest BCUT2D eigenvalue weighted by Crippen LogP contribution is 2.31. The molecule has 1 aliphatic rings. The zero-order chi connectivity index (χ0) is 13.1. The lowest BCUT2D eigenvalue weighted by Gasteiger charge is -2.27. The molecule has 0 bridgehead atoms. The number of nitro groups is 1. The van der Waals surface area contributed by atoms with Crippen molar-refractivity contribution in [3.8, 4) is 0 Å². The topological polar surface area (TPSA) is 110 Å². The summed E-state index contributed by atoms with van der Waals surface area (Å²) in [6.07, 6.45) is 0. The third-order valence-electron chi connectivity index (χ3n) is 2.66. The summed E-state index contributed by atoms with van der Waals surface area (Å²) in [7, 11) is 0. The van der Waals surface area contributed by atoms with E-state index in [1.165, 1.54) is 0 Å². The zero-order valence-corrected chi connectivity index (χ0v) is 10.7. The first kappa shape index (κ1) is 12.8. The molecule has 0 unspecified atom stereocenters. The molecule has 98 valence electrons. The Morgan fingerprint density at radius 1 is 1.44 bits per heavy atom. The quantitative estimate of drug-likeness (QED) is 0.465. The van der Waals surface area contributed by atoms with Gasteiger partial charge in [-0.3, -0.25) is 15.5 Å². The number of hydrogen-bond donors (Lipinski definition) is 2. The highest BCUT2D eigenvalue weighted by atomic mass is 32.2. The van der Waals surface area contributed by atoms with E-state index in [0.717, 1.165) is 24.6 Å². The molecule has 0 saturated carbocycles. The molecule has 2 rings (SSSR count). The second kappa shape index (κ2) is 5.36. The highest BCUT2D eigenvalue weighted by molar-refractivity contribution is 7.99. The Morgan fingerprint density at radius 3 is 2.67 bits per heavy atom. The van der Waals surface area contributed by atoms with Crippen LogP contribution in [0.25, 0.3) is 0 Å². The van der Waals surface area contributed by atoms with Crippen LogP contribution in [0.5, 0.6) is 0 Å². The minimum absolute atomic E-state index is 0.0408. The zero-order valence-electron chi connectivity index (χ0n) is 9.92. The van der Waals surface area contributed by atoms with Crippen molar-refractivity contribution in [1.29, 1.82) is 0 Å². The van der Waals surface area contributed by atoms with E-state index in [1.807, 2.05) is 16.7 Å².